The molecule has 7 nitrogen and oxygen atoms in total. The predicted octanol–water partition coefficient (Wildman–Crippen LogP) is 4.60. The molecule has 0 aliphatic rings. The molecule has 0 saturated heterocycles. The van der Waals surface area contributed by atoms with Crippen LogP contribution in [0.3, 0.4) is 0 Å². The number of halogens is 2. The van der Waals surface area contributed by atoms with Crippen molar-refractivity contribution < 1.29 is 13.5 Å². The Bertz CT molecular complexity index is 1200. The zero-order valence-electron chi connectivity index (χ0n) is 17.4. The Morgan fingerprint density at radius 1 is 1.25 bits per heavy atom. The van der Waals surface area contributed by atoms with E-state index in [1.54, 1.807) is 30.3 Å². The van der Waals surface area contributed by atoms with Gasteiger partial charge in [-0.3, -0.25) is 9.78 Å². The van der Waals surface area contributed by atoms with E-state index in [2.05, 4.69) is 20.5 Å². The smallest absolute Gasteiger partial charge is 0.270 e. The molecule has 0 radical (unpaired) electrons. The number of hydrazone groups is 1. The summed E-state index contributed by atoms with van der Waals surface area (Å²) in [6.07, 6.45) is 3.81. The molecule has 2 aromatic carbocycles. The Hall–Kier alpha value is -4.06. The molecule has 0 aliphatic carbocycles. The number of unbranched alkanes of at least 4 members (excludes halogenated alkanes) is 2. The Morgan fingerprint density at radius 2 is 2.03 bits per heavy atom. The SMILES string of the molecule is CCCCCOc1c(F)cc(F)cc1C=NNc1nc(-c2ccccc2)c(C#N)c(=O)[nH]1. The number of nitrogens with one attached hydrogen (secondary N) is 2. The van der Waals surface area contributed by atoms with Gasteiger partial charge in [0.1, 0.15) is 17.4 Å². The van der Waals surface area contributed by atoms with Gasteiger partial charge in [0.2, 0.25) is 5.95 Å². The number of hydrogen-bond donors (Lipinski definition) is 2. The molecule has 1 heterocycles. The maximum absolute atomic E-state index is 14.2. The van der Waals surface area contributed by atoms with Crippen molar-refractivity contribution >= 4 is 12.2 Å². The van der Waals surface area contributed by atoms with Crippen LogP contribution >= 0.6 is 0 Å². The van der Waals surface area contributed by atoms with E-state index in [-0.39, 0.29) is 35.1 Å². The number of hydrogen-bond acceptors (Lipinski definition) is 6. The van der Waals surface area contributed by atoms with Crippen LogP contribution in [0.1, 0.15) is 37.3 Å². The van der Waals surface area contributed by atoms with Gasteiger partial charge < -0.3 is 4.74 Å². The molecule has 0 amide bonds. The monoisotopic (exact) mass is 437 g/mol. The van der Waals surface area contributed by atoms with Crippen LogP contribution in [0.2, 0.25) is 0 Å². The Balaban J connectivity index is 1.86. The molecule has 2 N–H and O–H groups in total. The molecule has 0 atom stereocenters. The fourth-order valence-electron chi connectivity index (χ4n) is 2.95. The van der Waals surface area contributed by atoms with Gasteiger partial charge in [0.05, 0.1) is 18.5 Å². The molecule has 3 rings (SSSR count). The minimum atomic E-state index is -0.834. The minimum absolute atomic E-state index is 0.0357. The Labute approximate surface area is 183 Å². The molecule has 9 heteroatoms. The van der Waals surface area contributed by atoms with Crippen LogP contribution in [0.15, 0.2) is 52.4 Å². The molecule has 0 unspecified atom stereocenters. The standard InChI is InChI=1S/C23H21F2N5O2/c1-2-3-7-10-32-21-16(11-17(24)12-19(21)25)14-27-30-23-28-20(15-8-5-4-6-9-15)18(13-26)22(31)29-23/h4-6,8-9,11-12,14H,2-3,7,10H2,1H3,(H2,28,29,30,31). The summed E-state index contributed by atoms with van der Waals surface area (Å²) < 4.78 is 33.4. The lowest BCUT2D eigenvalue weighted by Crippen LogP contribution is -2.16. The predicted molar refractivity (Wildman–Crippen MR) is 118 cm³/mol. The van der Waals surface area contributed by atoms with E-state index in [0.717, 1.165) is 31.4 Å². The van der Waals surface area contributed by atoms with Crippen molar-refractivity contribution in [2.45, 2.75) is 26.2 Å². The van der Waals surface area contributed by atoms with Gasteiger partial charge in [-0.05, 0) is 12.5 Å². The lowest BCUT2D eigenvalue weighted by Gasteiger charge is -2.10. The third-order valence-electron chi connectivity index (χ3n) is 4.48. The first-order valence-corrected chi connectivity index (χ1v) is 10.0. The van der Waals surface area contributed by atoms with Gasteiger partial charge in [0, 0.05) is 17.2 Å². The van der Waals surface area contributed by atoms with Gasteiger partial charge in [0.15, 0.2) is 11.6 Å². The number of nitrogens with zero attached hydrogens (tertiary/aromatic N) is 3. The van der Waals surface area contributed by atoms with Gasteiger partial charge >= 0.3 is 0 Å². The first kappa shape index (κ1) is 22.6. The summed E-state index contributed by atoms with van der Waals surface area (Å²) in [4.78, 5) is 19.0. The van der Waals surface area contributed by atoms with Crippen LogP contribution in [-0.4, -0.2) is 22.8 Å². The van der Waals surface area contributed by atoms with Gasteiger partial charge in [-0.25, -0.2) is 19.2 Å². The van der Waals surface area contributed by atoms with E-state index in [9.17, 15) is 18.8 Å². The number of aromatic amines is 1. The first-order chi connectivity index (χ1) is 15.5. The second-order valence-electron chi connectivity index (χ2n) is 6.85. The average molecular weight is 437 g/mol. The van der Waals surface area contributed by atoms with Gasteiger partial charge in [-0.15, -0.1) is 0 Å². The molecule has 0 bridgehead atoms. The first-order valence-electron chi connectivity index (χ1n) is 10.0. The zero-order valence-corrected chi connectivity index (χ0v) is 17.4. The minimum Gasteiger partial charge on any atom is -0.490 e. The van der Waals surface area contributed by atoms with Crippen LogP contribution in [0.5, 0.6) is 5.75 Å². The van der Waals surface area contributed by atoms with E-state index in [1.165, 1.54) is 6.21 Å². The summed E-state index contributed by atoms with van der Waals surface area (Å²) in [7, 11) is 0. The van der Waals surface area contributed by atoms with E-state index >= 15 is 0 Å². The Morgan fingerprint density at radius 3 is 2.75 bits per heavy atom. The van der Waals surface area contributed by atoms with Crippen molar-refractivity contribution in [3.63, 3.8) is 0 Å². The molecule has 32 heavy (non-hydrogen) atoms. The van der Waals surface area contributed by atoms with Crippen molar-refractivity contribution in [2.75, 3.05) is 12.0 Å². The second kappa shape index (κ2) is 10.8. The molecule has 3 aromatic rings. The normalized spacial score (nSPS) is 10.8. The third kappa shape index (κ3) is 5.55. The molecule has 0 saturated carbocycles. The average Bonchev–Trinajstić information content (AvgIpc) is 2.78. The molecule has 0 aliphatic heterocycles. The highest BCUT2D eigenvalue weighted by Crippen LogP contribution is 2.24. The van der Waals surface area contributed by atoms with Gasteiger partial charge in [-0.1, -0.05) is 50.1 Å². The van der Waals surface area contributed by atoms with E-state index in [0.29, 0.717) is 5.56 Å². The fraction of sp³-hybridized carbons (Fsp3) is 0.217. The Kier molecular flexibility index (Phi) is 7.65. The largest absolute Gasteiger partial charge is 0.490 e. The number of benzene rings is 2. The van der Waals surface area contributed by atoms with Crippen molar-refractivity contribution in [3.05, 3.63) is 75.6 Å². The van der Waals surface area contributed by atoms with Gasteiger partial charge in [-0.2, -0.15) is 10.4 Å². The summed E-state index contributed by atoms with van der Waals surface area (Å²) in [5.41, 5.74) is 2.61. The van der Waals surface area contributed by atoms with Crippen molar-refractivity contribution in [1.82, 2.24) is 9.97 Å². The number of anilines is 1. The molecule has 164 valence electrons. The highest BCUT2D eigenvalue weighted by atomic mass is 19.1. The van der Waals surface area contributed by atoms with Crippen molar-refractivity contribution in [2.24, 2.45) is 5.10 Å². The van der Waals surface area contributed by atoms with Crippen molar-refractivity contribution in [3.8, 4) is 23.1 Å². The van der Waals surface area contributed by atoms with Crippen LogP contribution in [0, 0.1) is 23.0 Å². The number of nitriles is 1. The fourth-order valence-corrected chi connectivity index (χ4v) is 2.95. The van der Waals surface area contributed by atoms with Crippen LogP contribution in [0.25, 0.3) is 11.3 Å². The number of rotatable bonds is 9. The lowest BCUT2D eigenvalue weighted by molar-refractivity contribution is 0.290. The summed E-state index contributed by atoms with van der Waals surface area (Å²) in [5.74, 6) is -1.76. The number of H-pyrrole nitrogens is 1. The third-order valence-corrected chi connectivity index (χ3v) is 4.48. The van der Waals surface area contributed by atoms with Gasteiger partial charge in [0.25, 0.3) is 5.56 Å². The zero-order chi connectivity index (χ0) is 22.9. The molecular weight excluding hydrogens is 416 g/mol. The van der Waals surface area contributed by atoms with Crippen molar-refractivity contribution in [1.29, 1.82) is 5.26 Å². The number of aromatic nitrogens is 2. The molecule has 1 aromatic heterocycles. The van der Waals surface area contributed by atoms with E-state index < -0.39 is 17.2 Å². The maximum atomic E-state index is 14.2. The molecule has 0 spiro atoms. The van der Waals surface area contributed by atoms with E-state index in [1.807, 2.05) is 13.0 Å². The van der Waals surface area contributed by atoms with Crippen LogP contribution < -0.4 is 15.7 Å². The lowest BCUT2D eigenvalue weighted by atomic mass is 10.1. The molecular formula is C23H21F2N5O2. The summed E-state index contributed by atoms with van der Waals surface area (Å²) in [6.45, 7) is 2.32. The quantitative estimate of drug-likeness (QED) is 0.289. The number of ether oxygens (including phenoxy) is 1. The summed E-state index contributed by atoms with van der Waals surface area (Å²) in [5, 5.41) is 13.2. The second-order valence-corrected chi connectivity index (χ2v) is 6.85. The summed E-state index contributed by atoms with van der Waals surface area (Å²) >= 11 is 0. The van der Waals surface area contributed by atoms with E-state index in [4.69, 9.17) is 4.74 Å². The maximum Gasteiger partial charge on any atom is 0.270 e. The van der Waals surface area contributed by atoms with Crippen LogP contribution in [0.4, 0.5) is 14.7 Å². The molecule has 0 fully saturated rings. The topological polar surface area (TPSA) is 103 Å². The highest BCUT2D eigenvalue weighted by Gasteiger charge is 2.14. The summed E-state index contributed by atoms with van der Waals surface area (Å²) in [6, 6.07) is 12.4. The highest BCUT2D eigenvalue weighted by molar-refractivity contribution is 5.84. The van der Waals surface area contributed by atoms with Crippen LogP contribution in [-0.2, 0) is 0 Å².